The average molecular weight is 309 g/mol. The van der Waals surface area contributed by atoms with Crippen molar-refractivity contribution in [2.75, 3.05) is 13.2 Å². The summed E-state index contributed by atoms with van der Waals surface area (Å²) in [5.41, 5.74) is 0. The monoisotopic (exact) mass is 309 g/mol. The van der Waals surface area contributed by atoms with Crippen molar-refractivity contribution in [3.05, 3.63) is 0 Å². The van der Waals surface area contributed by atoms with Gasteiger partial charge in [0.05, 0.1) is 12.7 Å². The van der Waals surface area contributed by atoms with Crippen molar-refractivity contribution in [2.24, 2.45) is 5.92 Å². The Bertz CT molecular complexity index is 300. The quantitative estimate of drug-likeness (QED) is 0.218. The van der Waals surface area contributed by atoms with Gasteiger partial charge in [0.25, 0.3) is 5.91 Å². The zero-order valence-electron chi connectivity index (χ0n) is 12.4. The molecule has 0 spiro atoms. The Morgan fingerprint density at radius 1 is 1.00 bits per heavy atom. The molecule has 126 valence electrons. The molecule has 0 fully saturated rings. The zero-order chi connectivity index (χ0) is 16.6. The van der Waals surface area contributed by atoms with Gasteiger partial charge in [-0.3, -0.25) is 4.79 Å². The van der Waals surface area contributed by atoms with E-state index in [1.807, 2.05) is 13.8 Å². The van der Waals surface area contributed by atoms with Crippen LogP contribution in [0.2, 0.25) is 0 Å². The third-order valence-electron chi connectivity index (χ3n) is 3.27. The highest BCUT2D eigenvalue weighted by atomic mass is 16.4. The first-order chi connectivity index (χ1) is 9.72. The molecule has 0 aliphatic carbocycles. The highest BCUT2D eigenvalue weighted by Crippen LogP contribution is 2.08. The molecule has 21 heavy (non-hydrogen) atoms. The second-order valence-corrected chi connectivity index (χ2v) is 5.42. The standard InChI is InChI=1S/C13H27NO7/c1-7(2)8(16)4-3-5-14-13(21)12(20)11(19)10(18)9(17)6-15/h7-12,15-20H,3-6H2,1-2H3,(H,14,21)/t8?,9-,10-,11+,12-/m1/s1. The van der Waals surface area contributed by atoms with Gasteiger partial charge in [0.1, 0.15) is 18.3 Å². The van der Waals surface area contributed by atoms with Crippen LogP contribution >= 0.6 is 0 Å². The highest BCUT2D eigenvalue weighted by molar-refractivity contribution is 5.81. The lowest BCUT2D eigenvalue weighted by atomic mass is 10.0. The van der Waals surface area contributed by atoms with Crippen LogP contribution in [0.15, 0.2) is 0 Å². The van der Waals surface area contributed by atoms with Gasteiger partial charge in [-0.2, -0.15) is 0 Å². The van der Waals surface area contributed by atoms with E-state index in [1.165, 1.54) is 0 Å². The van der Waals surface area contributed by atoms with Crippen LogP contribution in [0.1, 0.15) is 26.7 Å². The van der Waals surface area contributed by atoms with Crippen molar-refractivity contribution in [1.82, 2.24) is 5.32 Å². The molecule has 0 rings (SSSR count). The van der Waals surface area contributed by atoms with Crippen LogP contribution in [0.5, 0.6) is 0 Å². The summed E-state index contributed by atoms with van der Waals surface area (Å²) < 4.78 is 0. The summed E-state index contributed by atoms with van der Waals surface area (Å²) in [6.07, 6.45) is -6.80. The summed E-state index contributed by atoms with van der Waals surface area (Å²) in [7, 11) is 0. The molecule has 0 aromatic rings. The van der Waals surface area contributed by atoms with E-state index in [-0.39, 0.29) is 12.5 Å². The smallest absolute Gasteiger partial charge is 0.251 e. The fourth-order valence-corrected chi connectivity index (χ4v) is 1.64. The molecule has 0 aliphatic heterocycles. The molecule has 8 heteroatoms. The summed E-state index contributed by atoms with van der Waals surface area (Å²) in [4.78, 5) is 11.5. The molecular formula is C13H27NO7. The van der Waals surface area contributed by atoms with Crippen LogP contribution < -0.4 is 5.32 Å². The van der Waals surface area contributed by atoms with Crippen molar-refractivity contribution in [2.45, 2.75) is 57.2 Å². The summed E-state index contributed by atoms with van der Waals surface area (Å²) in [6, 6.07) is 0. The zero-order valence-corrected chi connectivity index (χ0v) is 12.4. The summed E-state index contributed by atoms with van der Waals surface area (Å²) in [5.74, 6) is -0.783. The Kier molecular flexibility index (Phi) is 9.67. The molecule has 0 radical (unpaired) electrons. The van der Waals surface area contributed by atoms with Gasteiger partial charge in [-0.1, -0.05) is 13.8 Å². The van der Waals surface area contributed by atoms with Crippen LogP contribution in [0, 0.1) is 5.92 Å². The SMILES string of the molecule is CC(C)C(O)CCCNC(=O)[C@H](O)[C@@H](O)[C@H](O)[C@H](O)CO. The number of amides is 1. The van der Waals surface area contributed by atoms with Crippen molar-refractivity contribution >= 4 is 5.91 Å². The lowest BCUT2D eigenvalue weighted by Crippen LogP contribution is -2.51. The Balaban J connectivity index is 4.10. The highest BCUT2D eigenvalue weighted by Gasteiger charge is 2.33. The fourth-order valence-electron chi connectivity index (χ4n) is 1.64. The van der Waals surface area contributed by atoms with Crippen LogP contribution in [0.3, 0.4) is 0 Å². The predicted molar refractivity (Wildman–Crippen MR) is 74.2 cm³/mol. The van der Waals surface area contributed by atoms with Gasteiger partial charge in [-0.25, -0.2) is 0 Å². The number of aliphatic hydroxyl groups is 6. The van der Waals surface area contributed by atoms with Crippen LogP contribution in [-0.2, 0) is 4.79 Å². The minimum Gasteiger partial charge on any atom is -0.394 e. The van der Waals surface area contributed by atoms with Crippen LogP contribution in [0.25, 0.3) is 0 Å². The Morgan fingerprint density at radius 3 is 2.05 bits per heavy atom. The van der Waals surface area contributed by atoms with Crippen molar-refractivity contribution < 1.29 is 35.4 Å². The first-order valence-electron chi connectivity index (χ1n) is 7.01. The summed E-state index contributed by atoms with van der Waals surface area (Å²) >= 11 is 0. The minimum atomic E-state index is -1.92. The van der Waals surface area contributed by atoms with Gasteiger partial charge < -0.3 is 36.0 Å². The van der Waals surface area contributed by atoms with Crippen molar-refractivity contribution in [3.8, 4) is 0 Å². The van der Waals surface area contributed by atoms with E-state index in [9.17, 15) is 25.2 Å². The third-order valence-corrected chi connectivity index (χ3v) is 3.27. The molecule has 1 unspecified atom stereocenters. The molecule has 0 aromatic carbocycles. The summed E-state index contributed by atoms with van der Waals surface area (Å²) in [5, 5.41) is 58.1. The number of carbonyl (C=O) groups excluding carboxylic acids is 1. The Labute approximate surface area is 124 Å². The molecule has 0 heterocycles. The number of rotatable bonds is 10. The molecule has 7 N–H and O–H groups in total. The van der Waals surface area contributed by atoms with Gasteiger partial charge in [0, 0.05) is 6.54 Å². The lowest BCUT2D eigenvalue weighted by molar-refractivity contribution is -0.148. The first-order valence-corrected chi connectivity index (χ1v) is 7.01. The maximum Gasteiger partial charge on any atom is 0.251 e. The van der Waals surface area contributed by atoms with E-state index in [0.717, 1.165) is 0 Å². The number of carbonyl (C=O) groups is 1. The molecule has 5 atom stereocenters. The topological polar surface area (TPSA) is 150 Å². The van der Waals surface area contributed by atoms with E-state index >= 15 is 0 Å². The van der Waals surface area contributed by atoms with E-state index in [2.05, 4.69) is 5.32 Å². The van der Waals surface area contributed by atoms with Crippen molar-refractivity contribution in [1.29, 1.82) is 0 Å². The van der Waals surface area contributed by atoms with Gasteiger partial charge in [0.15, 0.2) is 6.10 Å². The van der Waals surface area contributed by atoms with E-state index in [1.54, 1.807) is 0 Å². The molecule has 0 aliphatic rings. The fraction of sp³-hybridized carbons (Fsp3) is 0.923. The maximum absolute atomic E-state index is 11.5. The number of nitrogens with one attached hydrogen (secondary N) is 1. The lowest BCUT2D eigenvalue weighted by Gasteiger charge is -2.25. The van der Waals surface area contributed by atoms with Crippen LogP contribution in [0.4, 0.5) is 0 Å². The Morgan fingerprint density at radius 2 is 1.57 bits per heavy atom. The van der Waals surface area contributed by atoms with E-state index in [0.29, 0.717) is 12.8 Å². The first kappa shape index (κ1) is 20.2. The van der Waals surface area contributed by atoms with Crippen molar-refractivity contribution in [3.63, 3.8) is 0 Å². The molecule has 0 saturated carbocycles. The molecule has 1 amide bonds. The largest absolute Gasteiger partial charge is 0.394 e. The van der Waals surface area contributed by atoms with Gasteiger partial charge in [-0.05, 0) is 18.8 Å². The normalized spacial score (nSPS) is 18.9. The van der Waals surface area contributed by atoms with Gasteiger partial charge >= 0.3 is 0 Å². The average Bonchev–Trinajstić information content (AvgIpc) is 2.47. The van der Waals surface area contributed by atoms with Crippen LogP contribution in [-0.4, -0.2) is 80.2 Å². The maximum atomic E-state index is 11.5. The number of hydrogen-bond donors (Lipinski definition) is 7. The molecule has 0 bridgehead atoms. The number of aliphatic hydroxyl groups excluding tert-OH is 6. The molecule has 0 saturated heterocycles. The summed E-state index contributed by atoms with van der Waals surface area (Å²) in [6.45, 7) is 3.14. The molecule has 0 aromatic heterocycles. The predicted octanol–water partition coefficient (Wildman–Crippen LogP) is -2.66. The van der Waals surface area contributed by atoms with Gasteiger partial charge in [-0.15, -0.1) is 0 Å². The minimum absolute atomic E-state index is 0.114. The third kappa shape index (κ3) is 7.16. The molecular weight excluding hydrogens is 282 g/mol. The number of hydrogen-bond acceptors (Lipinski definition) is 7. The second kappa shape index (κ2) is 10.0. The van der Waals surface area contributed by atoms with E-state index in [4.69, 9.17) is 10.2 Å². The van der Waals surface area contributed by atoms with Gasteiger partial charge in [0.2, 0.25) is 0 Å². The van der Waals surface area contributed by atoms with E-state index < -0.39 is 43.0 Å². The Hall–Kier alpha value is -0.770. The molecule has 8 nitrogen and oxygen atoms in total. The second-order valence-electron chi connectivity index (χ2n) is 5.42.